The number of benzene rings is 1. The Morgan fingerprint density at radius 3 is 2.71 bits per heavy atom. The molecule has 6 heteroatoms. The molecule has 1 unspecified atom stereocenters. The molecule has 6 nitrogen and oxygen atoms in total. The van der Waals surface area contributed by atoms with Crippen LogP contribution in [0.3, 0.4) is 0 Å². The first-order chi connectivity index (χ1) is 10.1. The van der Waals surface area contributed by atoms with Crippen molar-refractivity contribution in [3.05, 3.63) is 34.1 Å². The first-order valence-corrected chi connectivity index (χ1v) is 7.42. The Bertz CT molecular complexity index is 672. The molecule has 21 heavy (non-hydrogen) atoms. The molecule has 1 atom stereocenters. The molecule has 1 saturated carbocycles. The number of aromatic nitrogens is 2. The van der Waals surface area contributed by atoms with E-state index in [1.165, 1.54) is 31.4 Å². The highest BCUT2D eigenvalue weighted by Gasteiger charge is 2.24. The molecule has 1 heterocycles. The van der Waals surface area contributed by atoms with Gasteiger partial charge in [-0.3, -0.25) is 10.1 Å². The van der Waals surface area contributed by atoms with Gasteiger partial charge in [-0.15, -0.1) is 0 Å². The number of aliphatic hydroxyl groups is 1. The quantitative estimate of drug-likeness (QED) is 0.692. The molecule has 1 aromatic heterocycles. The maximum atomic E-state index is 10.9. The molecule has 1 fully saturated rings. The smallest absolute Gasteiger partial charge is 0.271 e. The number of hydrogen-bond donors (Lipinski definition) is 1. The third-order valence-corrected chi connectivity index (χ3v) is 4.22. The van der Waals surface area contributed by atoms with Gasteiger partial charge in [-0.25, -0.2) is 4.98 Å². The molecule has 2 aromatic rings. The molecule has 1 aliphatic rings. The second-order valence-electron chi connectivity index (χ2n) is 5.74. The third-order valence-electron chi connectivity index (χ3n) is 4.22. The van der Waals surface area contributed by atoms with Gasteiger partial charge in [0.1, 0.15) is 11.9 Å². The van der Waals surface area contributed by atoms with Crippen LogP contribution in [-0.4, -0.2) is 19.6 Å². The molecule has 0 spiro atoms. The van der Waals surface area contributed by atoms with E-state index in [0.717, 1.165) is 18.4 Å². The van der Waals surface area contributed by atoms with Crippen LogP contribution in [-0.2, 0) is 0 Å². The number of fused-ring (bicyclic) bond motifs is 1. The van der Waals surface area contributed by atoms with Crippen LogP contribution >= 0.6 is 0 Å². The van der Waals surface area contributed by atoms with Crippen LogP contribution in [0.1, 0.15) is 57.0 Å². The summed E-state index contributed by atoms with van der Waals surface area (Å²) in [5.41, 5.74) is 1.50. The van der Waals surface area contributed by atoms with Crippen LogP contribution in [0.2, 0.25) is 0 Å². The van der Waals surface area contributed by atoms with E-state index in [1.807, 2.05) is 0 Å². The summed E-state index contributed by atoms with van der Waals surface area (Å²) >= 11 is 0. The maximum Gasteiger partial charge on any atom is 0.271 e. The number of aliphatic hydroxyl groups excluding tert-OH is 1. The fraction of sp³-hybridized carbons (Fsp3) is 0.533. The van der Waals surface area contributed by atoms with E-state index in [1.54, 1.807) is 13.0 Å². The molecule has 1 aliphatic carbocycles. The zero-order valence-corrected chi connectivity index (χ0v) is 12.0. The Morgan fingerprint density at radius 2 is 2.10 bits per heavy atom. The Hall–Kier alpha value is -1.95. The number of hydrogen-bond acceptors (Lipinski definition) is 4. The van der Waals surface area contributed by atoms with Gasteiger partial charge in [-0.2, -0.15) is 0 Å². The fourth-order valence-corrected chi connectivity index (χ4v) is 3.24. The summed E-state index contributed by atoms with van der Waals surface area (Å²) in [6, 6.07) is 5.08. The van der Waals surface area contributed by atoms with E-state index >= 15 is 0 Å². The van der Waals surface area contributed by atoms with Crippen LogP contribution < -0.4 is 0 Å². The predicted molar refractivity (Wildman–Crippen MR) is 79.1 cm³/mol. The Labute approximate surface area is 122 Å². The second-order valence-corrected chi connectivity index (χ2v) is 5.74. The lowest BCUT2D eigenvalue weighted by atomic mass is 9.95. The zero-order valence-electron chi connectivity index (χ0n) is 12.0. The van der Waals surface area contributed by atoms with Crippen molar-refractivity contribution in [1.29, 1.82) is 0 Å². The van der Waals surface area contributed by atoms with Gasteiger partial charge in [0.2, 0.25) is 0 Å². The van der Waals surface area contributed by atoms with Gasteiger partial charge in [0.25, 0.3) is 5.69 Å². The summed E-state index contributed by atoms with van der Waals surface area (Å²) in [6.07, 6.45) is 5.06. The van der Waals surface area contributed by atoms with Crippen molar-refractivity contribution in [2.75, 3.05) is 0 Å². The summed E-state index contributed by atoms with van der Waals surface area (Å²) in [7, 11) is 0. The first kappa shape index (κ1) is 14.0. The van der Waals surface area contributed by atoms with Crippen molar-refractivity contribution in [3.8, 4) is 0 Å². The Balaban J connectivity index is 2.15. The van der Waals surface area contributed by atoms with Gasteiger partial charge in [0.05, 0.1) is 16.0 Å². The largest absolute Gasteiger partial charge is 0.385 e. The van der Waals surface area contributed by atoms with Gasteiger partial charge in [0, 0.05) is 18.2 Å². The summed E-state index contributed by atoms with van der Waals surface area (Å²) in [6.45, 7) is 1.69. The van der Waals surface area contributed by atoms with Crippen LogP contribution in [0.15, 0.2) is 18.2 Å². The second kappa shape index (κ2) is 5.44. The number of nitro groups is 1. The van der Waals surface area contributed by atoms with Crippen molar-refractivity contribution < 1.29 is 10.0 Å². The normalized spacial score (nSPS) is 18.0. The van der Waals surface area contributed by atoms with Crippen molar-refractivity contribution in [1.82, 2.24) is 9.55 Å². The van der Waals surface area contributed by atoms with E-state index in [4.69, 9.17) is 0 Å². The van der Waals surface area contributed by atoms with Gasteiger partial charge in [-0.05, 0) is 25.8 Å². The lowest BCUT2D eigenvalue weighted by Gasteiger charge is -2.26. The van der Waals surface area contributed by atoms with Gasteiger partial charge >= 0.3 is 0 Å². The third kappa shape index (κ3) is 2.51. The van der Waals surface area contributed by atoms with E-state index < -0.39 is 11.0 Å². The lowest BCUT2D eigenvalue weighted by molar-refractivity contribution is -0.384. The number of nitro benzene ring substituents is 1. The van der Waals surface area contributed by atoms with Crippen molar-refractivity contribution >= 4 is 16.7 Å². The highest BCUT2D eigenvalue weighted by atomic mass is 16.6. The van der Waals surface area contributed by atoms with Crippen LogP contribution in [0.25, 0.3) is 11.0 Å². The minimum atomic E-state index is -0.682. The summed E-state index contributed by atoms with van der Waals surface area (Å²) in [5.74, 6) is 0.609. The highest BCUT2D eigenvalue weighted by Crippen LogP contribution is 2.34. The van der Waals surface area contributed by atoms with Crippen LogP contribution in [0, 0.1) is 10.1 Å². The highest BCUT2D eigenvalue weighted by molar-refractivity contribution is 5.79. The van der Waals surface area contributed by atoms with Gasteiger partial charge in [0.15, 0.2) is 0 Å². The molecule has 3 rings (SSSR count). The molecular weight excluding hydrogens is 270 g/mol. The van der Waals surface area contributed by atoms with Gasteiger partial charge < -0.3 is 9.67 Å². The fourth-order valence-electron chi connectivity index (χ4n) is 3.24. The maximum absolute atomic E-state index is 10.9. The molecule has 0 bridgehead atoms. The molecule has 112 valence electrons. The number of imidazole rings is 1. The summed E-state index contributed by atoms with van der Waals surface area (Å²) in [4.78, 5) is 14.9. The summed E-state index contributed by atoms with van der Waals surface area (Å²) in [5, 5.41) is 20.9. The monoisotopic (exact) mass is 289 g/mol. The Morgan fingerprint density at radius 1 is 1.38 bits per heavy atom. The summed E-state index contributed by atoms with van der Waals surface area (Å²) < 4.78 is 2.09. The molecule has 0 saturated heterocycles. The topological polar surface area (TPSA) is 81.2 Å². The minimum absolute atomic E-state index is 0.0351. The number of nitrogens with zero attached hydrogens (tertiary/aromatic N) is 3. The SMILES string of the molecule is CC(O)c1nc2cc([N+](=O)[O-])ccc2n1C1CCCCC1. The van der Waals surface area contributed by atoms with E-state index in [9.17, 15) is 15.2 Å². The van der Waals surface area contributed by atoms with E-state index in [2.05, 4.69) is 9.55 Å². The number of rotatable bonds is 3. The standard InChI is InChI=1S/C15H19N3O3/c1-10(19)15-16-13-9-12(18(20)21)7-8-14(13)17(15)11-5-3-2-4-6-11/h7-11,19H,2-6H2,1H3. The van der Waals surface area contributed by atoms with Crippen molar-refractivity contribution in [3.63, 3.8) is 0 Å². The molecule has 1 aromatic carbocycles. The van der Waals surface area contributed by atoms with Crippen LogP contribution in [0.5, 0.6) is 0 Å². The zero-order chi connectivity index (χ0) is 15.0. The molecule has 0 radical (unpaired) electrons. The molecule has 1 N–H and O–H groups in total. The average Bonchev–Trinajstić information content (AvgIpc) is 2.86. The lowest BCUT2D eigenvalue weighted by Crippen LogP contribution is -2.16. The minimum Gasteiger partial charge on any atom is -0.385 e. The molecule has 0 amide bonds. The Kier molecular flexibility index (Phi) is 3.63. The predicted octanol–water partition coefficient (Wildman–Crippen LogP) is 3.50. The average molecular weight is 289 g/mol. The van der Waals surface area contributed by atoms with Crippen molar-refractivity contribution in [2.45, 2.75) is 51.2 Å². The first-order valence-electron chi connectivity index (χ1n) is 7.42. The van der Waals surface area contributed by atoms with Crippen LogP contribution in [0.4, 0.5) is 5.69 Å². The molecular formula is C15H19N3O3. The van der Waals surface area contributed by atoms with E-state index in [0.29, 0.717) is 17.4 Å². The molecule has 0 aliphatic heterocycles. The van der Waals surface area contributed by atoms with E-state index in [-0.39, 0.29) is 5.69 Å². The van der Waals surface area contributed by atoms with Crippen molar-refractivity contribution in [2.24, 2.45) is 0 Å². The number of non-ortho nitro benzene ring substituents is 1. The van der Waals surface area contributed by atoms with Gasteiger partial charge in [-0.1, -0.05) is 19.3 Å².